The summed E-state index contributed by atoms with van der Waals surface area (Å²) in [7, 11) is -3.55. The maximum absolute atomic E-state index is 13.0. The highest BCUT2D eigenvalue weighted by atomic mass is 35.5. The number of amides is 1. The molecule has 162 valence electrons. The summed E-state index contributed by atoms with van der Waals surface area (Å²) in [4.78, 5) is 12.9. The van der Waals surface area contributed by atoms with Crippen LogP contribution in [0.25, 0.3) is 0 Å². The highest BCUT2D eigenvalue weighted by Crippen LogP contribution is 2.27. The molecular formula is C22H26Cl2N2O3S. The number of piperidine rings is 1. The second kappa shape index (κ2) is 9.69. The first kappa shape index (κ1) is 23.1. The zero-order chi connectivity index (χ0) is 21.9. The second-order valence-electron chi connectivity index (χ2n) is 7.70. The maximum Gasteiger partial charge on any atom is 0.243 e. The van der Waals surface area contributed by atoms with Crippen LogP contribution in [-0.2, 0) is 21.2 Å². The van der Waals surface area contributed by atoms with Gasteiger partial charge in [0.15, 0.2) is 0 Å². The van der Waals surface area contributed by atoms with E-state index < -0.39 is 10.0 Å². The van der Waals surface area contributed by atoms with Crippen molar-refractivity contribution in [2.24, 2.45) is 5.92 Å². The number of sulfonamides is 1. The number of halogens is 2. The molecule has 1 amide bonds. The zero-order valence-corrected chi connectivity index (χ0v) is 19.4. The molecule has 0 spiro atoms. The summed E-state index contributed by atoms with van der Waals surface area (Å²) < 4.78 is 27.5. The average Bonchev–Trinajstić information content (AvgIpc) is 2.71. The summed E-state index contributed by atoms with van der Waals surface area (Å²) in [5.74, 6) is -0.234. The van der Waals surface area contributed by atoms with Crippen LogP contribution in [0.4, 0.5) is 0 Å². The second-order valence-corrected chi connectivity index (χ2v) is 10.4. The molecule has 0 saturated carbocycles. The molecule has 0 radical (unpaired) electrons. The van der Waals surface area contributed by atoms with E-state index in [2.05, 4.69) is 5.32 Å². The van der Waals surface area contributed by atoms with Crippen molar-refractivity contribution in [1.29, 1.82) is 0 Å². The van der Waals surface area contributed by atoms with Gasteiger partial charge in [-0.25, -0.2) is 8.42 Å². The van der Waals surface area contributed by atoms with Crippen LogP contribution in [0.2, 0.25) is 10.0 Å². The Labute approximate surface area is 188 Å². The van der Waals surface area contributed by atoms with E-state index in [1.165, 1.54) is 4.31 Å². The Bertz CT molecular complexity index is 1030. The van der Waals surface area contributed by atoms with Crippen LogP contribution in [0.3, 0.4) is 0 Å². The van der Waals surface area contributed by atoms with E-state index >= 15 is 0 Å². The highest BCUT2D eigenvalue weighted by molar-refractivity contribution is 7.89. The number of benzene rings is 2. The van der Waals surface area contributed by atoms with Gasteiger partial charge in [0, 0.05) is 25.6 Å². The molecule has 0 atom stereocenters. The van der Waals surface area contributed by atoms with Crippen LogP contribution >= 0.6 is 23.2 Å². The monoisotopic (exact) mass is 468 g/mol. The average molecular weight is 469 g/mol. The molecule has 0 aromatic heterocycles. The van der Waals surface area contributed by atoms with Crippen molar-refractivity contribution in [2.75, 3.05) is 19.6 Å². The van der Waals surface area contributed by atoms with Gasteiger partial charge in [0.2, 0.25) is 15.9 Å². The molecule has 0 aliphatic carbocycles. The van der Waals surface area contributed by atoms with Gasteiger partial charge in [0.1, 0.15) is 0 Å². The molecule has 0 bridgehead atoms. The van der Waals surface area contributed by atoms with E-state index in [9.17, 15) is 13.2 Å². The molecule has 1 aliphatic heterocycles. The molecule has 2 aromatic carbocycles. The first-order valence-electron chi connectivity index (χ1n) is 9.98. The molecule has 30 heavy (non-hydrogen) atoms. The third kappa shape index (κ3) is 5.17. The van der Waals surface area contributed by atoms with E-state index in [1.54, 1.807) is 12.1 Å². The van der Waals surface area contributed by atoms with Crippen LogP contribution in [0.15, 0.2) is 41.3 Å². The molecule has 1 N–H and O–H groups in total. The SMILES string of the molecule is Cc1ccc(S(=O)(=O)N2CCC(C(=O)NCCc3cccc(Cl)c3Cl)CC2)c(C)c1. The number of rotatable bonds is 6. The lowest BCUT2D eigenvalue weighted by Gasteiger charge is -2.31. The first-order valence-corrected chi connectivity index (χ1v) is 12.2. The standard InChI is InChI=1S/C22H26Cl2N2O3S/c1-15-6-7-20(16(2)14-15)30(28,29)26-12-9-18(10-13-26)22(27)25-11-8-17-4-3-5-19(23)21(17)24/h3-7,14,18H,8-13H2,1-2H3,(H,25,27). The number of nitrogens with zero attached hydrogens (tertiary/aromatic N) is 1. The Morgan fingerprint density at radius 3 is 2.50 bits per heavy atom. The molecular weight excluding hydrogens is 443 g/mol. The quantitative estimate of drug-likeness (QED) is 0.684. The van der Waals surface area contributed by atoms with Crippen molar-refractivity contribution >= 4 is 39.1 Å². The van der Waals surface area contributed by atoms with Gasteiger partial charge < -0.3 is 5.32 Å². The fourth-order valence-electron chi connectivity index (χ4n) is 3.79. The molecule has 8 heteroatoms. The van der Waals surface area contributed by atoms with Crippen molar-refractivity contribution in [3.8, 4) is 0 Å². The van der Waals surface area contributed by atoms with Crippen molar-refractivity contribution in [3.63, 3.8) is 0 Å². The van der Waals surface area contributed by atoms with Gasteiger partial charge in [-0.05, 0) is 56.4 Å². The van der Waals surface area contributed by atoms with Crippen molar-refractivity contribution in [1.82, 2.24) is 9.62 Å². The molecule has 0 unspecified atom stereocenters. The molecule has 1 saturated heterocycles. The zero-order valence-electron chi connectivity index (χ0n) is 17.1. The lowest BCUT2D eigenvalue weighted by Crippen LogP contribution is -2.43. The number of aryl methyl sites for hydroxylation is 2. The van der Waals surface area contributed by atoms with Crippen molar-refractivity contribution in [2.45, 2.75) is 38.0 Å². The molecule has 1 fully saturated rings. The number of carbonyl (C=O) groups excluding carboxylic acids is 1. The number of nitrogens with one attached hydrogen (secondary N) is 1. The van der Waals surface area contributed by atoms with Crippen LogP contribution in [0.5, 0.6) is 0 Å². The predicted octanol–water partition coefficient (Wildman–Crippen LogP) is 4.37. The van der Waals surface area contributed by atoms with E-state index in [0.717, 1.165) is 16.7 Å². The lowest BCUT2D eigenvalue weighted by atomic mass is 9.97. The minimum Gasteiger partial charge on any atom is -0.356 e. The Balaban J connectivity index is 1.53. The van der Waals surface area contributed by atoms with E-state index in [1.807, 2.05) is 38.1 Å². The summed E-state index contributed by atoms with van der Waals surface area (Å²) in [5, 5.41) is 3.95. The summed E-state index contributed by atoms with van der Waals surface area (Å²) >= 11 is 12.2. The highest BCUT2D eigenvalue weighted by Gasteiger charge is 2.32. The third-order valence-electron chi connectivity index (χ3n) is 5.50. The largest absolute Gasteiger partial charge is 0.356 e. The lowest BCUT2D eigenvalue weighted by molar-refractivity contribution is -0.126. The fraction of sp³-hybridized carbons (Fsp3) is 0.409. The summed E-state index contributed by atoms with van der Waals surface area (Å²) in [6.45, 7) is 4.89. The number of hydrogen-bond donors (Lipinski definition) is 1. The van der Waals surface area contributed by atoms with Crippen molar-refractivity contribution in [3.05, 3.63) is 63.1 Å². The smallest absolute Gasteiger partial charge is 0.243 e. The minimum atomic E-state index is -3.55. The van der Waals surface area contributed by atoms with Gasteiger partial charge in [0.05, 0.1) is 14.9 Å². The van der Waals surface area contributed by atoms with Gasteiger partial charge in [-0.15, -0.1) is 0 Å². The molecule has 1 heterocycles. The van der Waals surface area contributed by atoms with Gasteiger partial charge in [-0.3, -0.25) is 4.79 Å². The topological polar surface area (TPSA) is 66.5 Å². The summed E-state index contributed by atoms with van der Waals surface area (Å²) in [5.41, 5.74) is 2.66. The summed E-state index contributed by atoms with van der Waals surface area (Å²) in [6.07, 6.45) is 1.60. The predicted molar refractivity (Wildman–Crippen MR) is 121 cm³/mol. The number of hydrogen-bond acceptors (Lipinski definition) is 3. The van der Waals surface area contributed by atoms with Crippen molar-refractivity contribution < 1.29 is 13.2 Å². The Hall–Kier alpha value is -1.60. The van der Waals surface area contributed by atoms with E-state index in [0.29, 0.717) is 53.8 Å². The molecule has 5 nitrogen and oxygen atoms in total. The van der Waals surface area contributed by atoms with Crippen LogP contribution in [-0.4, -0.2) is 38.3 Å². The van der Waals surface area contributed by atoms with Gasteiger partial charge in [-0.1, -0.05) is 53.0 Å². The Morgan fingerprint density at radius 2 is 1.83 bits per heavy atom. The fourth-order valence-corrected chi connectivity index (χ4v) is 5.88. The normalized spacial score (nSPS) is 15.9. The molecule has 3 rings (SSSR count). The van der Waals surface area contributed by atoms with Crippen LogP contribution in [0.1, 0.15) is 29.5 Å². The first-order chi connectivity index (χ1) is 14.2. The minimum absolute atomic E-state index is 0.0447. The Kier molecular flexibility index (Phi) is 7.45. The van der Waals surface area contributed by atoms with Gasteiger partial charge >= 0.3 is 0 Å². The number of carbonyl (C=O) groups is 1. The third-order valence-corrected chi connectivity index (χ3v) is 8.42. The molecule has 1 aliphatic rings. The summed E-state index contributed by atoms with van der Waals surface area (Å²) in [6, 6.07) is 10.8. The van der Waals surface area contributed by atoms with E-state index in [-0.39, 0.29) is 11.8 Å². The van der Waals surface area contributed by atoms with Gasteiger partial charge in [0.25, 0.3) is 0 Å². The van der Waals surface area contributed by atoms with Gasteiger partial charge in [-0.2, -0.15) is 4.31 Å². The van der Waals surface area contributed by atoms with Crippen LogP contribution < -0.4 is 5.32 Å². The molecule has 2 aromatic rings. The van der Waals surface area contributed by atoms with Crippen LogP contribution in [0, 0.1) is 19.8 Å². The van der Waals surface area contributed by atoms with E-state index in [4.69, 9.17) is 23.2 Å². The Morgan fingerprint density at radius 1 is 1.13 bits per heavy atom. The maximum atomic E-state index is 13.0.